The van der Waals surface area contributed by atoms with E-state index in [1.54, 1.807) is 6.07 Å². The van der Waals surface area contributed by atoms with Crippen molar-refractivity contribution in [3.05, 3.63) is 47.8 Å². The summed E-state index contributed by atoms with van der Waals surface area (Å²) in [5.41, 5.74) is 5.14. The van der Waals surface area contributed by atoms with Crippen molar-refractivity contribution >= 4 is 17.2 Å². The van der Waals surface area contributed by atoms with Gasteiger partial charge < -0.3 is 9.55 Å². The van der Waals surface area contributed by atoms with Gasteiger partial charge in [-0.1, -0.05) is 6.07 Å². The van der Waals surface area contributed by atoms with Gasteiger partial charge in [0.25, 0.3) is 0 Å². The van der Waals surface area contributed by atoms with Gasteiger partial charge in [-0.2, -0.15) is 0 Å². The molecule has 3 nitrogen and oxygen atoms in total. The third-order valence-electron chi connectivity index (χ3n) is 3.43. The van der Waals surface area contributed by atoms with Gasteiger partial charge in [0.15, 0.2) is 6.29 Å². The number of fused-ring (bicyclic) bond motifs is 1. The Morgan fingerprint density at radius 3 is 2.72 bits per heavy atom. The SMILES string of the molecule is Cc1cc2cc(-c3ccc(C=O)[nH]3)ccc2n1C. The molecule has 90 valence electrons. The van der Waals surface area contributed by atoms with E-state index in [2.05, 4.69) is 47.8 Å². The largest absolute Gasteiger partial charge is 0.352 e. The molecule has 0 saturated heterocycles. The molecule has 0 saturated carbocycles. The Morgan fingerprint density at radius 1 is 1.17 bits per heavy atom. The first kappa shape index (κ1) is 10.8. The summed E-state index contributed by atoms with van der Waals surface area (Å²) < 4.78 is 2.17. The van der Waals surface area contributed by atoms with Crippen molar-refractivity contribution in [3.8, 4) is 11.3 Å². The molecule has 2 heterocycles. The van der Waals surface area contributed by atoms with Crippen LogP contribution in [0.4, 0.5) is 0 Å². The fourth-order valence-corrected chi connectivity index (χ4v) is 2.30. The molecule has 3 rings (SSSR count). The average Bonchev–Trinajstić information content (AvgIpc) is 2.95. The van der Waals surface area contributed by atoms with Crippen molar-refractivity contribution < 1.29 is 4.79 Å². The summed E-state index contributed by atoms with van der Waals surface area (Å²) in [6.07, 6.45) is 0.828. The number of aryl methyl sites for hydroxylation is 2. The highest BCUT2D eigenvalue weighted by molar-refractivity contribution is 5.86. The minimum atomic E-state index is 0.606. The second-order valence-electron chi connectivity index (χ2n) is 4.56. The Morgan fingerprint density at radius 2 is 2.00 bits per heavy atom. The van der Waals surface area contributed by atoms with Gasteiger partial charge in [-0.3, -0.25) is 4.79 Å². The molecule has 18 heavy (non-hydrogen) atoms. The summed E-state index contributed by atoms with van der Waals surface area (Å²) in [7, 11) is 2.07. The lowest BCUT2D eigenvalue weighted by molar-refractivity contribution is 0.111. The number of nitrogens with zero attached hydrogens (tertiary/aromatic N) is 1. The van der Waals surface area contributed by atoms with E-state index in [-0.39, 0.29) is 0 Å². The van der Waals surface area contributed by atoms with Gasteiger partial charge in [-0.15, -0.1) is 0 Å². The van der Waals surface area contributed by atoms with E-state index in [4.69, 9.17) is 0 Å². The fourth-order valence-electron chi connectivity index (χ4n) is 2.30. The molecule has 0 aliphatic rings. The van der Waals surface area contributed by atoms with Crippen molar-refractivity contribution in [2.75, 3.05) is 0 Å². The van der Waals surface area contributed by atoms with Crippen LogP contribution in [0.5, 0.6) is 0 Å². The number of nitrogens with one attached hydrogen (secondary N) is 1. The maximum absolute atomic E-state index is 10.7. The molecular formula is C15H14N2O. The van der Waals surface area contributed by atoms with Gasteiger partial charge in [0, 0.05) is 29.3 Å². The molecule has 0 amide bonds. The molecule has 2 aromatic heterocycles. The Labute approximate surface area is 105 Å². The molecule has 3 heteroatoms. The van der Waals surface area contributed by atoms with Gasteiger partial charge in [-0.05, 0) is 42.8 Å². The number of hydrogen-bond donors (Lipinski definition) is 1. The number of aromatic amines is 1. The molecule has 1 N–H and O–H groups in total. The van der Waals surface area contributed by atoms with Crippen LogP contribution in [0.15, 0.2) is 36.4 Å². The third-order valence-corrected chi connectivity index (χ3v) is 3.43. The molecule has 0 aliphatic heterocycles. The van der Waals surface area contributed by atoms with E-state index < -0.39 is 0 Å². The number of aromatic nitrogens is 2. The van der Waals surface area contributed by atoms with Crippen LogP contribution in [0.25, 0.3) is 22.2 Å². The standard InChI is InChI=1S/C15H14N2O/c1-10-7-12-8-11(3-6-15(12)17(10)2)14-5-4-13(9-18)16-14/h3-9,16H,1-2H3. The molecule has 0 fully saturated rings. The Balaban J connectivity index is 2.15. The molecule has 3 aromatic rings. The number of aldehydes is 1. The second-order valence-corrected chi connectivity index (χ2v) is 4.56. The van der Waals surface area contributed by atoms with Gasteiger partial charge >= 0.3 is 0 Å². The van der Waals surface area contributed by atoms with Crippen LogP contribution in [-0.2, 0) is 7.05 Å². The van der Waals surface area contributed by atoms with Crippen LogP contribution in [0.3, 0.4) is 0 Å². The molecule has 0 atom stereocenters. The summed E-state index contributed by atoms with van der Waals surface area (Å²) in [6, 6.07) is 12.2. The molecule has 0 radical (unpaired) electrons. The first-order valence-corrected chi connectivity index (χ1v) is 5.89. The van der Waals surface area contributed by atoms with Crippen molar-refractivity contribution in [1.82, 2.24) is 9.55 Å². The van der Waals surface area contributed by atoms with E-state index in [9.17, 15) is 4.79 Å². The van der Waals surface area contributed by atoms with E-state index in [0.29, 0.717) is 5.69 Å². The zero-order valence-electron chi connectivity index (χ0n) is 10.4. The molecule has 0 aliphatic carbocycles. The first-order valence-electron chi connectivity index (χ1n) is 5.89. The van der Waals surface area contributed by atoms with E-state index in [1.807, 2.05) is 6.07 Å². The Kier molecular flexibility index (Phi) is 2.33. The number of carbonyl (C=O) groups excluding carboxylic acids is 1. The highest BCUT2D eigenvalue weighted by Gasteiger charge is 2.06. The monoisotopic (exact) mass is 238 g/mol. The van der Waals surface area contributed by atoms with Crippen LogP contribution in [-0.4, -0.2) is 15.8 Å². The number of hydrogen-bond acceptors (Lipinski definition) is 1. The normalized spacial score (nSPS) is 11.0. The lowest BCUT2D eigenvalue weighted by Crippen LogP contribution is -1.89. The van der Waals surface area contributed by atoms with Crippen LogP contribution in [0.1, 0.15) is 16.2 Å². The van der Waals surface area contributed by atoms with Gasteiger partial charge in [0.1, 0.15) is 0 Å². The smallest absolute Gasteiger partial charge is 0.166 e. The predicted molar refractivity (Wildman–Crippen MR) is 72.8 cm³/mol. The Hall–Kier alpha value is -2.29. The number of rotatable bonds is 2. The quantitative estimate of drug-likeness (QED) is 0.683. The van der Waals surface area contributed by atoms with Crippen LogP contribution < -0.4 is 0 Å². The zero-order valence-corrected chi connectivity index (χ0v) is 10.4. The number of carbonyl (C=O) groups is 1. The lowest BCUT2D eigenvalue weighted by atomic mass is 10.1. The van der Waals surface area contributed by atoms with E-state index in [1.165, 1.54) is 16.6 Å². The summed E-state index contributed by atoms with van der Waals surface area (Å²) >= 11 is 0. The van der Waals surface area contributed by atoms with Crippen molar-refractivity contribution in [3.63, 3.8) is 0 Å². The average molecular weight is 238 g/mol. The summed E-state index contributed by atoms with van der Waals surface area (Å²) in [4.78, 5) is 13.8. The molecular weight excluding hydrogens is 224 g/mol. The lowest BCUT2D eigenvalue weighted by Gasteiger charge is -2.01. The van der Waals surface area contributed by atoms with E-state index in [0.717, 1.165) is 17.5 Å². The maximum atomic E-state index is 10.7. The third kappa shape index (κ3) is 1.56. The second kappa shape index (κ2) is 3.88. The Bertz CT molecular complexity index is 734. The van der Waals surface area contributed by atoms with Crippen molar-refractivity contribution in [1.29, 1.82) is 0 Å². The fraction of sp³-hybridized carbons (Fsp3) is 0.133. The topological polar surface area (TPSA) is 37.8 Å². The summed E-state index contributed by atoms with van der Waals surface area (Å²) in [5.74, 6) is 0. The number of H-pyrrole nitrogens is 1. The number of benzene rings is 1. The van der Waals surface area contributed by atoms with Gasteiger partial charge in [0.05, 0.1) is 5.69 Å². The van der Waals surface area contributed by atoms with Crippen LogP contribution >= 0.6 is 0 Å². The maximum Gasteiger partial charge on any atom is 0.166 e. The molecule has 0 bridgehead atoms. The van der Waals surface area contributed by atoms with Crippen molar-refractivity contribution in [2.24, 2.45) is 7.05 Å². The van der Waals surface area contributed by atoms with Gasteiger partial charge in [-0.25, -0.2) is 0 Å². The molecule has 1 aromatic carbocycles. The van der Waals surface area contributed by atoms with Crippen LogP contribution in [0, 0.1) is 6.92 Å². The summed E-state index contributed by atoms with van der Waals surface area (Å²) in [5, 5.41) is 1.22. The molecule has 0 unspecified atom stereocenters. The minimum absolute atomic E-state index is 0.606. The zero-order chi connectivity index (χ0) is 12.7. The van der Waals surface area contributed by atoms with E-state index >= 15 is 0 Å². The van der Waals surface area contributed by atoms with Crippen molar-refractivity contribution in [2.45, 2.75) is 6.92 Å². The van der Waals surface area contributed by atoms with Gasteiger partial charge in [0.2, 0.25) is 0 Å². The van der Waals surface area contributed by atoms with Crippen LogP contribution in [0.2, 0.25) is 0 Å². The minimum Gasteiger partial charge on any atom is -0.352 e. The predicted octanol–water partition coefficient (Wildman–Crippen LogP) is 3.29. The highest BCUT2D eigenvalue weighted by Crippen LogP contribution is 2.25. The first-order chi connectivity index (χ1) is 8.69. The summed E-state index contributed by atoms with van der Waals surface area (Å²) in [6.45, 7) is 2.10. The molecule has 0 spiro atoms. The highest BCUT2D eigenvalue weighted by atomic mass is 16.1.